The average molecular weight is 301 g/mol. The van der Waals surface area contributed by atoms with Gasteiger partial charge in [0.25, 0.3) is 0 Å². The molecule has 0 aliphatic carbocycles. The van der Waals surface area contributed by atoms with Crippen LogP contribution in [-0.4, -0.2) is 5.11 Å². The fourth-order valence-corrected chi connectivity index (χ4v) is 2.67. The van der Waals surface area contributed by atoms with Gasteiger partial charge in [-0.3, -0.25) is 0 Å². The van der Waals surface area contributed by atoms with Crippen molar-refractivity contribution in [2.75, 3.05) is 0 Å². The highest BCUT2D eigenvalue weighted by atomic mass is 35.5. The Bertz CT molecular complexity index is 815. The second kappa shape index (κ2) is 4.90. The Kier molecular flexibility index (Phi) is 3.31. The predicted octanol–water partition coefficient (Wildman–Crippen LogP) is 4.96. The van der Waals surface area contributed by atoms with Crippen molar-refractivity contribution in [3.8, 4) is 0 Å². The summed E-state index contributed by atoms with van der Waals surface area (Å²) in [5.41, 5.74) is 2.56. The largest absolute Gasteiger partial charge is 0.456 e. The molecule has 108 valence electrons. The molecule has 0 bridgehead atoms. The van der Waals surface area contributed by atoms with Gasteiger partial charge in [0.2, 0.25) is 0 Å². The third kappa shape index (κ3) is 2.35. The highest BCUT2D eigenvalue weighted by Gasteiger charge is 2.30. The number of halogens is 1. The van der Waals surface area contributed by atoms with Gasteiger partial charge < -0.3 is 9.52 Å². The molecule has 0 fully saturated rings. The van der Waals surface area contributed by atoms with E-state index < -0.39 is 5.60 Å². The maximum Gasteiger partial charge on any atom is 0.153 e. The summed E-state index contributed by atoms with van der Waals surface area (Å²) in [6.45, 7) is 5.82. The van der Waals surface area contributed by atoms with Gasteiger partial charge >= 0.3 is 0 Å². The van der Waals surface area contributed by atoms with Crippen LogP contribution >= 0.6 is 11.6 Å². The number of aryl methyl sites for hydroxylation is 2. The van der Waals surface area contributed by atoms with Crippen molar-refractivity contribution in [2.24, 2.45) is 0 Å². The van der Waals surface area contributed by atoms with Crippen molar-refractivity contribution >= 4 is 22.6 Å². The lowest BCUT2D eigenvalue weighted by molar-refractivity contribution is 0.0786. The number of hydrogen-bond donors (Lipinski definition) is 1. The molecule has 0 aliphatic rings. The first kappa shape index (κ1) is 14.2. The van der Waals surface area contributed by atoms with Crippen molar-refractivity contribution in [1.29, 1.82) is 0 Å². The van der Waals surface area contributed by atoms with E-state index in [0.29, 0.717) is 16.4 Å². The number of fused-ring (bicyclic) bond motifs is 1. The van der Waals surface area contributed by atoms with Crippen molar-refractivity contribution in [3.63, 3.8) is 0 Å². The molecule has 0 radical (unpaired) electrons. The van der Waals surface area contributed by atoms with Gasteiger partial charge in [0.05, 0.1) is 5.02 Å². The molecule has 0 spiro atoms. The topological polar surface area (TPSA) is 33.4 Å². The number of rotatable bonds is 2. The summed E-state index contributed by atoms with van der Waals surface area (Å²) >= 11 is 6.14. The van der Waals surface area contributed by atoms with E-state index in [1.54, 1.807) is 13.0 Å². The van der Waals surface area contributed by atoms with Gasteiger partial charge in [0.15, 0.2) is 5.58 Å². The molecule has 3 heteroatoms. The molecule has 0 aliphatic heterocycles. The number of para-hydroxylation sites is 1. The Labute approximate surface area is 129 Å². The van der Waals surface area contributed by atoms with Crippen LogP contribution < -0.4 is 0 Å². The zero-order valence-electron chi connectivity index (χ0n) is 12.3. The number of hydrogen-bond acceptors (Lipinski definition) is 2. The number of aliphatic hydroxyl groups is 1. The summed E-state index contributed by atoms with van der Waals surface area (Å²) in [7, 11) is 0. The molecule has 3 aromatic rings. The van der Waals surface area contributed by atoms with Crippen LogP contribution in [0.5, 0.6) is 0 Å². The molecule has 1 aromatic heterocycles. The Morgan fingerprint density at radius 3 is 2.48 bits per heavy atom. The molecule has 0 saturated carbocycles. The second-order valence-electron chi connectivity index (χ2n) is 5.64. The monoisotopic (exact) mass is 300 g/mol. The van der Waals surface area contributed by atoms with E-state index in [4.69, 9.17) is 16.0 Å². The maximum atomic E-state index is 10.9. The third-order valence-electron chi connectivity index (χ3n) is 4.04. The van der Waals surface area contributed by atoms with Gasteiger partial charge in [0, 0.05) is 5.39 Å². The fraction of sp³-hybridized carbons (Fsp3) is 0.222. The van der Waals surface area contributed by atoms with Crippen LogP contribution in [0, 0.1) is 13.8 Å². The molecule has 1 unspecified atom stereocenters. The normalized spacial score (nSPS) is 14.3. The summed E-state index contributed by atoms with van der Waals surface area (Å²) in [4.78, 5) is 0. The molecule has 2 aromatic carbocycles. The Morgan fingerprint density at radius 2 is 1.81 bits per heavy atom. The lowest BCUT2D eigenvalue weighted by Crippen LogP contribution is -2.22. The number of benzene rings is 2. The lowest BCUT2D eigenvalue weighted by Gasteiger charge is -2.22. The van der Waals surface area contributed by atoms with Gasteiger partial charge in [-0.2, -0.15) is 0 Å². The average Bonchev–Trinajstić information content (AvgIpc) is 2.88. The zero-order chi connectivity index (χ0) is 15.2. The van der Waals surface area contributed by atoms with Crippen LogP contribution in [0.2, 0.25) is 5.02 Å². The molecule has 0 amide bonds. The van der Waals surface area contributed by atoms with Crippen molar-refractivity contribution in [3.05, 3.63) is 69.9 Å². The van der Waals surface area contributed by atoms with Gasteiger partial charge in [0.1, 0.15) is 11.4 Å². The van der Waals surface area contributed by atoms with Crippen molar-refractivity contribution in [1.82, 2.24) is 0 Å². The molecular weight excluding hydrogens is 284 g/mol. The van der Waals surface area contributed by atoms with Gasteiger partial charge in [-0.05, 0) is 49.6 Å². The van der Waals surface area contributed by atoms with Crippen LogP contribution in [0.4, 0.5) is 0 Å². The van der Waals surface area contributed by atoms with E-state index >= 15 is 0 Å². The maximum absolute atomic E-state index is 10.9. The summed E-state index contributed by atoms with van der Waals surface area (Å²) in [6, 6.07) is 13.3. The minimum Gasteiger partial charge on any atom is -0.456 e. The van der Waals surface area contributed by atoms with Crippen molar-refractivity contribution < 1.29 is 9.52 Å². The molecular formula is C18H17ClO2. The lowest BCUT2D eigenvalue weighted by atomic mass is 9.91. The second-order valence-corrected chi connectivity index (χ2v) is 6.05. The Balaban J connectivity index is 2.14. The minimum atomic E-state index is -1.19. The quantitative estimate of drug-likeness (QED) is 0.725. The van der Waals surface area contributed by atoms with E-state index in [9.17, 15) is 5.11 Å². The highest BCUT2D eigenvalue weighted by molar-refractivity contribution is 6.34. The molecule has 1 N–H and O–H groups in total. The minimum absolute atomic E-state index is 0.494. The molecule has 3 rings (SSSR count). The summed E-state index contributed by atoms with van der Waals surface area (Å²) in [6.07, 6.45) is 0. The Morgan fingerprint density at radius 1 is 1.05 bits per heavy atom. The van der Waals surface area contributed by atoms with E-state index in [-0.39, 0.29) is 0 Å². The fourth-order valence-electron chi connectivity index (χ4n) is 2.45. The van der Waals surface area contributed by atoms with Crippen LogP contribution in [0.3, 0.4) is 0 Å². The third-order valence-corrected chi connectivity index (χ3v) is 4.34. The van der Waals surface area contributed by atoms with Crippen LogP contribution in [0.15, 0.2) is 46.9 Å². The van der Waals surface area contributed by atoms with E-state index in [0.717, 1.165) is 16.5 Å². The first-order valence-electron chi connectivity index (χ1n) is 6.88. The van der Waals surface area contributed by atoms with Gasteiger partial charge in [-0.25, -0.2) is 0 Å². The van der Waals surface area contributed by atoms with Crippen LogP contribution in [-0.2, 0) is 5.60 Å². The summed E-state index contributed by atoms with van der Waals surface area (Å²) in [5, 5.41) is 12.4. The standard InChI is InChI=1S/C18H17ClO2/c1-11-7-8-14(9-12(11)2)18(3,20)16-10-13-5-4-6-15(19)17(13)21-16/h4-10,20H,1-3H3. The zero-order valence-corrected chi connectivity index (χ0v) is 13.0. The summed E-state index contributed by atoms with van der Waals surface area (Å²) in [5.74, 6) is 0.494. The molecule has 0 saturated heterocycles. The first-order chi connectivity index (χ1) is 9.89. The van der Waals surface area contributed by atoms with E-state index in [2.05, 4.69) is 6.92 Å². The smallest absolute Gasteiger partial charge is 0.153 e. The first-order valence-corrected chi connectivity index (χ1v) is 7.26. The molecule has 2 nitrogen and oxygen atoms in total. The van der Waals surface area contributed by atoms with Gasteiger partial charge in [-0.15, -0.1) is 0 Å². The SMILES string of the molecule is Cc1ccc(C(C)(O)c2cc3cccc(Cl)c3o2)cc1C. The van der Waals surface area contributed by atoms with E-state index in [1.807, 2.05) is 43.3 Å². The van der Waals surface area contributed by atoms with Crippen LogP contribution in [0.25, 0.3) is 11.0 Å². The van der Waals surface area contributed by atoms with Crippen LogP contribution in [0.1, 0.15) is 29.4 Å². The molecule has 1 atom stereocenters. The Hall–Kier alpha value is -1.77. The van der Waals surface area contributed by atoms with Crippen molar-refractivity contribution in [2.45, 2.75) is 26.4 Å². The predicted molar refractivity (Wildman–Crippen MR) is 85.8 cm³/mol. The van der Waals surface area contributed by atoms with Gasteiger partial charge in [-0.1, -0.05) is 41.9 Å². The van der Waals surface area contributed by atoms with E-state index in [1.165, 1.54) is 5.56 Å². The number of furan rings is 1. The summed E-state index contributed by atoms with van der Waals surface area (Å²) < 4.78 is 5.81. The molecule has 1 heterocycles. The highest BCUT2D eigenvalue weighted by Crippen LogP contribution is 2.36. The molecule has 21 heavy (non-hydrogen) atoms.